The summed E-state index contributed by atoms with van der Waals surface area (Å²) < 4.78 is 21.3. The van der Waals surface area contributed by atoms with Gasteiger partial charge in [-0.1, -0.05) is 36.4 Å². The Bertz CT molecular complexity index is 1220. The fraction of sp³-hybridized carbons (Fsp3) is 0.143. The monoisotopic (exact) mass is 490 g/mol. The second kappa shape index (κ2) is 11.6. The van der Waals surface area contributed by atoms with Crippen LogP contribution in [-0.2, 0) is 9.59 Å². The lowest BCUT2D eigenvalue weighted by molar-refractivity contribution is -0.132. The number of benzene rings is 3. The minimum absolute atomic E-state index is 0.449. The average molecular weight is 491 g/mol. The first-order valence-corrected chi connectivity index (χ1v) is 10.8. The summed E-state index contributed by atoms with van der Waals surface area (Å²) in [5, 5.41) is 19.0. The molecule has 3 aromatic carbocycles. The summed E-state index contributed by atoms with van der Waals surface area (Å²) in [7, 11) is 6.04. The summed E-state index contributed by atoms with van der Waals surface area (Å²) in [6.45, 7) is 0. The maximum Gasteiger partial charge on any atom is 0.328 e. The molecule has 0 fully saturated rings. The molecule has 0 bridgehead atoms. The van der Waals surface area contributed by atoms with E-state index < -0.39 is 11.9 Å². The van der Waals surface area contributed by atoms with Gasteiger partial charge in [-0.2, -0.15) is 0 Å². The van der Waals surface area contributed by atoms with Gasteiger partial charge in [0.1, 0.15) is 0 Å². The second-order valence-corrected chi connectivity index (χ2v) is 7.51. The number of methoxy groups -OCH3 is 4. The number of aliphatic carboxylic acids is 2. The zero-order valence-electron chi connectivity index (χ0n) is 20.3. The summed E-state index contributed by atoms with van der Waals surface area (Å²) in [6, 6.07) is 17.2. The van der Waals surface area contributed by atoms with Crippen LogP contribution in [0.2, 0.25) is 0 Å². The van der Waals surface area contributed by atoms with Crippen molar-refractivity contribution in [2.24, 2.45) is 0 Å². The number of carbonyl (C=O) groups is 2. The van der Waals surface area contributed by atoms with Gasteiger partial charge in [0.05, 0.1) is 28.4 Å². The average Bonchev–Trinajstić information content (AvgIpc) is 2.89. The first kappa shape index (κ1) is 25.9. The quantitative estimate of drug-likeness (QED) is 0.392. The third-order valence-electron chi connectivity index (χ3n) is 5.43. The molecule has 0 spiro atoms. The van der Waals surface area contributed by atoms with E-state index in [1.165, 1.54) is 28.4 Å². The molecule has 8 nitrogen and oxygen atoms in total. The predicted octanol–water partition coefficient (Wildman–Crippen LogP) is 4.75. The van der Waals surface area contributed by atoms with Crippen molar-refractivity contribution in [1.82, 2.24) is 0 Å². The Morgan fingerprint density at radius 1 is 0.528 bits per heavy atom. The van der Waals surface area contributed by atoms with Crippen LogP contribution in [0.15, 0.2) is 72.8 Å². The molecule has 0 amide bonds. The van der Waals surface area contributed by atoms with Crippen LogP contribution in [0.5, 0.6) is 23.0 Å². The molecule has 0 atom stereocenters. The van der Waals surface area contributed by atoms with E-state index in [-0.39, 0.29) is 0 Å². The number of carboxylic acids is 2. The highest BCUT2D eigenvalue weighted by Crippen LogP contribution is 2.35. The van der Waals surface area contributed by atoms with Gasteiger partial charge >= 0.3 is 11.9 Å². The summed E-state index contributed by atoms with van der Waals surface area (Å²) in [6.07, 6.45) is 2.22. The second-order valence-electron chi connectivity index (χ2n) is 7.51. The van der Waals surface area contributed by atoms with Crippen LogP contribution in [0, 0.1) is 0 Å². The van der Waals surface area contributed by atoms with Crippen molar-refractivity contribution >= 4 is 23.1 Å². The molecule has 0 aromatic heterocycles. The van der Waals surface area contributed by atoms with Crippen molar-refractivity contribution < 1.29 is 38.7 Å². The molecule has 0 aliphatic rings. The van der Waals surface area contributed by atoms with Gasteiger partial charge in [-0.15, -0.1) is 0 Å². The SMILES string of the molecule is COc1ccc(/C(=C\C(=O)O)c2ccc(/C(=C\C(=O)O)c3ccc(OC)c(OC)c3)cc2)cc1OC. The zero-order chi connectivity index (χ0) is 26.2. The maximum atomic E-state index is 11.6. The standard InChI is InChI=1S/C28H26O8/c1-33-23-11-9-19(13-25(23)35-3)21(15-27(29)30)17-5-7-18(8-6-17)22(16-28(31)32)20-10-12-24(34-2)26(14-20)36-4/h5-16H,1-4H3,(H,29,30)(H,31,32)/b21-15-,22-16+. The van der Waals surface area contributed by atoms with Crippen LogP contribution in [0.25, 0.3) is 11.1 Å². The molecule has 0 saturated carbocycles. The number of rotatable bonds is 10. The van der Waals surface area contributed by atoms with Gasteiger partial charge in [0.15, 0.2) is 23.0 Å². The van der Waals surface area contributed by atoms with Crippen molar-refractivity contribution in [3.8, 4) is 23.0 Å². The van der Waals surface area contributed by atoms with E-state index in [2.05, 4.69) is 0 Å². The first-order chi connectivity index (χ1) is 17.3. The lowest BCUT2D eigenvalue weighted by atomic mass is 9.92. The molecule has 0 aliphatic carbocycles. The Hall–Kier alpha value is -4.72. The smallest absolute Gasteiger partial charge is 0.328 e. The lowest BCUT2D eigenvalue weighted by Gasteiger charge is -2.14. The highest BCUT2D eigenvalue weighted by Gasteiger charge is 2.15. The highest BCUT2D eigenvalue weighted by molar-refractivity contribution is 5.97. The van der Waals surface area contributed by atoms with Gasteiger partial charge in [0.25, 0.3) is 0 Å². The van der Waals surface area contributed by atoms with Crippen LogP contribution in [-0.4, -0.2) is 50.6 Å². The summed E-state index contributed by atoms with van der Waals surface area (Å²) in [4.78, 5) is 23.2. The lowest BCUT2D eigenvalue weighted by Crippen LogP contribution is -1.99. The summed E-state index contributed by atoms with van der Waals surface area (Å²) in [5.41, 5.74) is 3.37. The van der Waals surface area contributed by atoms with Crippen LogP contribution >= 0.6 is 0 Å². The van der Waals surface area contributed by atoms with Crippen LogP contribution in [0.4, 0.5) is 0 Å². The topological polar surface area (TPSA) is 112 Å². The number of hydrogen-bond acceptors (Lipinski definition) is 6. The minimum atomic E-state index is -1.11. The molecule has 3 aromatic rings. The van der Waals surface area contributed by atoms with Gasteiger partial charge in [-0.25, -0.2) is 9.59 Å². The third kappa shape index (κ3) is 5.85. The molecule has 0 saturated heterocycles. The minimum Gasteiger partial charge on any atom is -0.493 e. The number of hydrogen-bond donors (Lipinski definition) is 2. The molecule has 186 valence electrons. The van der Waals surface area contributed by atoms with Crippen molar-refractivity contribution in [2.75, 3.05) is 28.4 Å². The van der Waals surface area contributed by atoms with E-state index in [4.69, 9.17) is 18.9 Å². The van der Waals surface area contributed by atoms with Crippen LogP contribution < -0.4 is 18.9 Å². The van der Waals surface area contributed by atoms with E-state index in [0.29, 0.717) is 56.4 Å². The normalized spacial score (nSPS) is 11.6. The molecule has 8 heteroatoms. The van der Waals surface area contributed by atoms with Gasteiger partial charge in [-0.05, 0) is 57.7 Å². The fourth-order valence-corrected chi connectivity index (χ4v) is 3.75. The maximum absolute atomic E-state index is 11.6. The molecule has 2 N–H and O–H groups in total. The summed E-state index contributed by atoms with van der Waals surface area (Å²) in [5.74, 6) is -0.262. The molecule has 0 radical (unpaired) electrons. The first-order valence-electron chi connectivity index (χ1n) is 10.8. The molecular formula is C28H26O8. The van der Waals surface area contributed by atoms with Crippen molar-refractivity contribution in [1.29, 1.82) is 0 Å². The van der Waals surface area contributed by atoms with Crippen molar-refractivity contribution in [3.05, 3.63) is 95.1 Å². The van der Waals surface area contributed by atoms with Gasteiger partial charge < -0.3 is 29.2 Å². The molecule has 0 heterocycles. The van der Waals surface area contributed by atoms with Gasteiger partial charge in [0, 0.05) is 12.2 Å². The number of carboxylic acid groups (broad SMARTS) is 2. The highest BCUT2D eigenvalue weighted by atomic mass is 16.5. The van der Waals surface area contributed by atoms with E-state index in [0.717, 1.165) is 12.2 Å². The van der Waals surface area contributed by atoms with E-state index in [1.54, 1.807) is 60.7 Å². The van der Waals surface area contributed by atoms with Crippen LogP contribution in [0.1, 0.15) is 22.3 Å². The Balaban J connectivity index is 2.08. The molecule has 0 unspecified atom stereocenters. The van der Waals surface area contributed by atoms with Gasteiger partial charge in [0.2, 0.25) is 0 Å². The molecule has 3 rings (SSSR count). The number of ether oxygens (including phenoxy) is 4. The van der Waals surface area contributed by atoms with Crippen molar-refractivity contribution in [3.63, 3.8) is 0 Å². The van der Waals surface area contributed by atoms with E-state index >= 15 is 0 Å². The Morgan fingerprint density at radius 3 is 1.11 bits per heavy atom. The third-order valence-corrected chi connectivity index (χ3v) is 5.43. The Morgan fingerprint density at radius 2 is 0.833 bits per heavy atom. The van der Waals surface area contributed by atoms with Crippen molar-refractivity contribution in [2.45, 2.75) is 0 Å². The van der Waals surface area contributed by atoms with Crippen LogP contribution in [0.3, 0.4) is 0 Å². The van der Waals surface area contributed by atoms with E-state index in [9.17, 15) is 19.8 Å². The van der Waals surface area contributed by atoms with E-state index in [1.807, 2.05) is 0 Å². The predicted molar refractivity (Wildman–Crippen MR) is 135 cm³/mol. The fourth-order valence-electron chi connectivity index (χ4n) is 3.75. The summed E-state index contributed by atoms with van der Waals surface area (Å²) >= 11 is 0. The molecule has 0 aliphatic heterocycles. The zero-order valence-corrected chi connectivity index (χ0v) is 20.3. The Labute approximate surface area is 208 Å². The Kier molecular flexibility index (Phi) is 8.35. The largest absolute Gasteiger partial charge is 0.493 e. The molecular weight excluding hydrogens is 464 g/mol. The van der Waals surface area contributed by atoms with Gasteiger partial charge in [-0.3, -0.25) is 0 Å². The molecule has 36 heavy (non-hydrogen) atoms.